The van der Waals surface area contributed by atoms with Gasteiger partial charge >= 0.3 is 30.0 Å². The minimum Gasteiger partial charge on any atom is -0.480 e. The minimum absolute atomic E-state index is 0.00579. The number of hydroxylamine groups is 1. The largest absolute Gasteiger partial charge is 0.480 e. The Morgan fingerprint density at radius 1 is 0.535 bits per heavy atom. The number of hydrogen-bond acceptors (Lipinski definition) is 15. The third-order valence-electron chi connectivity index (χ3n) is 9.69. The fraction of sp³-hybridized carbons (Fsp3) is 0.558. The molecular formula is C52H76N6O13. The minimum atomic E-state index is -1.16. The van der Waals surface area contributed by atoms with Crippen molar-refractivity contribution in [3.8, 4) is 0 Å². The molecule has 19 heteroatoms. The highest BCUT2D eigenvalue weighted by atomic mass is 16.7. The number of alkyl carbamates (subject to hydrolysis) is 1. The van der Waals surface area contributed by atoms with E-state index in [9.17, 15) is 38.7 Å². The van der Waals surface area contributed by atoms with Crippen molar-refractivity contribution in [1.82, 2.24) is 30.8 Å². The van der Waals surface area contributed by atoms with Gasteiger partial charge in [-0.3, -0.25) is 48.3 Å². The summed E-state index contributed by atoms with van der Waals surface area (Å²) in [6.07, 6.45) is -0.571. The first kappa shape index (κ1) is 59.2. The molecule has 0 heterocycles. The Morgan fingerprint density at radius 3 is 1.48 bits per heavy atom. The van der Waals surface area contributed by atoms with Gasteiger partial charge in [0.05, 0.1) is 39.3 Å². The molecule has 71 heavy (non-hydrogen) atoms. The van der Waals surface area contributed by atoms with Gasteiger partial charge in [-0.05, 0) is 111 Å². The maximum absolute atomic E-state index is 13.5. The number of esters is 3. The summed E-state index contributed by atoms with van der Waals surface area (Å²) in [4.78, 5) is 100. The summed E-state index contributed by atoms with van der Waals surface area (Å²) in [6.45, 7) is 19.9. The number of carboxylic acid groups (broad SMARTS) is 1. The first-order chi connectivity index (χ1) is 32.9. The Morgan fingerprint density at radius 2 is 0.986 bits per heavy atom. The lowest BCUT2D eigenvalue weighted by Crippen LogP contribution is -2.49. The predicted octanol–water partition coefficient (Wildman–Crippen LogP) is 5.16. The zero-order chi connectivity index (χ0) is 53.2. The summed E-state index contributed by atoms with van der Waals surface area (Å²) in [5.74, 6) is -3.84. The van der Waals surface area contributed by atoms with Crippen LogP contribution in [0, 0.1) is 0 Å². The number of ether oxygens (including phenoxy) is 4. The van der Waals surface area contributed by atoms with Crippen molar-refractivity contribution in [3.63, 3.8) is 0 Å². The highest BCUT2D eigenvalue weighted by Gasteiger charge is 2.28. The molecule has 3 amide bonds. The lowest BCUT2D eigenvalue weighted by molar-refractivity contribution is -0.160. The molecule has 3 aromatic carbocycles. The van der Waals surface area contributed by atoms with E-state index in [1.807, 2.05) is 42.5 Å². The number of carboxylic acids is 1. The van der Waals surface area contributed by atoms with Crippen LogP contribution in [0.2, 0.25) is 0 Å². The van der Waals surface area contributed by atoms with E-state index in [-0.39, 0.29) is 77.8 Å². The van der Waals surface area contributed by atoms with Crippen LogP contribution >= 0.6 is 0 Å². The average molecular weight is 993 g/mol. The first-order valence-corrected chi connectivity index (χ1v) is 23.7. The van der Waals surface area contributed by atoms with E-state index in [2.05, 4.69) is 16.1 Å². The number of nitrogens with zero attached hydrogens (tertiary/aromatic N) is 3. The van der Waals surface area contributed by atoms with Gasteiger partial charge in [-0.15, -0.1) is 0 Å². The van der Waals surface area contributed by atoms with E-state index in [0.717, 1.165) is 21.9 Å². The number of rotatable bonds is 25. The van der Waals surface area contributed by atoms with Crippen molar-refractivity contribution in [2.24, 2.45) is 0 Å². The van der Waals surface area contributed by atoms with Crippen LogP contribution in [0.4, 0.5) is 4.79 Å². The third-order valence-corrected chi connectivity index (χ3v) is 9.69. The molecule has 3 aromatic rings. The number of hydrogen-bond donors (Lipinski definition) is 4. The summed E-state index contributed by atoms with van der Waals surface area (Å²) in [5, 5.41) is 17.2. The van der Waals surface area contributed by atoms with Crippen molar-refractivity contribution in [2.75, 3.05) is 58.9 Å². The molecule has 0 aliphatic carbocycles. The summed E-state index contributed by atoms with van der Waals surface area (Å²) in [6, 6.07) is 19.8. The van der Waals surface area contributed by atoms with Gasteiger partial charge in [0.25, 0.3) is 5.91 Å². The normalized spacial score (nSPS) is 12.6. The number of aliphatic carboxylic acids is 1. The SMILES string of the molecule is CC(C)(C)OC(=O)CN(CCN(CCN(CC(=O)OC(C)(C)C)CC(=O)OC(C)(C)C)CC(=O)NCc1ccc(CONC(=O)[C@@H](Cc2ccc3ccccc3c2)NC(=O)OC(C)(C)C)cc1)CC(=O)O. The lowest BCUT2D eigenvalue weighted by Gasteiger charge is -2.30. The van der Waals surface area contributed by atoms with Crippen LogP contribution in [0.25, 0.3) is 10.8 Å². The zero-order valence-electron chi connectivity index (χ0n) is 43.6. The van der Waals surface area contributed by atoms with E-state index >= 15 is 0 Å². The first-order valence-electron chi connectivity index (χ1n) is 23.7. The Balaban J connectivity index is 1.69. The highest BCUT2D eigenvalue weighted by Crippen LogP contribution is 2.18. The van der Waals surface area contributed by atoms with Crippen LogP contribution < -0.4 is 16.1 Å². The summed E-state index contributed by atoms with van der Waals surface area (Å²) in [5.41, 5.74) is 1.61. The molecule has 0 spiro atoms. The van der Waals surface area contributed by atoms with Gasteiger partial charge in [-0.25, -0.2) is 10.3 Å². The van der Waals surface area contributed by atoms with Crippen molar-refractivity contribution in [1.29, 1.82) is 0 Å². The second-order valence-corrected chi connectivity index (χ2v) is 21.3. The van der Waals surface area contributed by atoms with E-state index in [4.69, 9.17) is 23.8 Å². The molecule has 0 radical (unpaired) electrons. The van der Waals surface area contributed by atoms with Crippen LogP contribution in [0.3, 0.4) is 0 Å². The Hall–Kier alpha value is -6.15. The maximum Gasteiger partial charge on any atom is 0.408 e. The summed E-state index contributed by atoms with van der Waals surface area (Å²) < 4.78 is 21.9. The molecule has 3 rings (SSSR count). The summed E-state index contributed by atoms with van der Waals surface area (Å²) >= 11 is 0. The van der Waals surface area contributed by atoms with Crippen LogP contribution in [0.5, 0.6) is 0 Å². The van der Waals surface area contributed by atoms with Crippen molar-refractivity contribution in [2.45, 2.75) is 131 Å². The van der Waals surface area contributed by atoms with Gasteiger partial charge in [-0.2, -0.15) is 0 Å². The topological polar surface area (TPSA) is 232 Å². The van der Waals surface area contributed by atoms with E-state index in [1.165, 1.54) is 4.90 Å². The molecule has 0 aliphatic heterocycles. The van der Waals surface area contributed by atoms with Gasteiger partial charge in [0.1, 0.15) is 28.4 Å². The van der Waals surface area contributed by atoms with Crippen LogP contribution in [0.15, 0.2) is 66.7 Å². The molecule has 0 bridgehead atoms. The molecule has 0 saturated heterocycles. The maximum atomic E-state index is 13.5. The van der Waals surface area contributed by atoms with Gasteiger partial charge in [0.15, 0.2) is 0 Å². The van der Waals surface area contributed by atoms with Crippen LogP contribution in [-0.2, 0) is 72.1 Å². The molecule has 0 aromatic heterocycles. The fourth-order valence-electron chi connectivity index (χ4n) is 6.86. The Labute approximate surface area is 418 Å². The quantitative estimate of drug-likeness (QED) is 0.0488. The van der Waals surface area contributed by atoms with Gasteiger partial charge in [0.2, 0.25) is 5.91 Å². The molecule has 1 atom stereocenters. The molecule has 0 aliphatic rings. The number of carbonyl (C=O) groups is 7. The molecule has 0 fully saturated rings. The average Bonchev–Trinajstić information content (AvgIpc) is 3.20. The van der Waals surface area contributed by atoms with Crippen LogP contribution in [-0.4, -0.2) is 149 Å². The smallest absolute Gasteiger partial charge is 0.408 e. The number of amides is 3. The Bertz CT molecular complexity index is 2230. The van der Waals surface area contributed by atoms with Crippen molar-refractivity contribution in [3.05, 3.63) is 83.4 Å². The van der Waals surface area contributed by atoms with Crippen molar-refractivity contribution < 1.29 is 62.5 Å². The standard InChI is InChI=1S/C52H76N6O13/c1-49(2,3)68-44(62)32-57(31-43(60)61)25-23-56(24-26-58(33-45(63)69-50(4,5)6)34-46(64)70-51(7,8)9)30-42(59)53-29-36-17-19-37(20-18-36)35-67-55-47(65)41(54-48(66)71-52(10,11)12)28-38-21-22-39-15-13-14-16-40(39)27-38/h13-22,27,41H,23-26,28-35H2,1-12H3,(H,53,59)(H,54,66)(H,55,65)(H,60,61)/t41-/m1/s1. The monoisotopic (exact) mass is 993 g/mol. The van der Waals surface area contributed by atoms with E-state index in [1.54, 1.807) is 117 Å². The zero-order valence-corrected chi connectivity index (χ0v) is 43.6. The summed E-state index contributed by atoms with van der Waals surface area (Å²) in [7, 11) is 0. The predicted molar refractivity (Wildman–Crippen MR) is 267 cm³/mol. The molecule has 392 valence electrons. The second-order valence-electron chi connectivity index (χ2n) is 21.3. The fourth-order valence-corrected chi connectivity index (χ4v) is 6.86. The molecule has 0 unspecified atom stereocenters. The van der Waals surface area contributed by atoms with Crippen molar-refractivity contribution >= 4 is 52.6 Å². The van der Waals surface area contributed by atoms with Crippen LogP contribution in [0.1, 0.15) is 99.8 Å². The number of carbonyl (C=O) groups excluding carboxylic acids is 6. The lowest BCUT2D eigenvalue weighted by atomic mass is 10.0. The highest BCUT2D eigenvalue weighted by molar-refractivity contribution is 5.86. The molecular weight excluding hydrogens is 917 g/mol. The van der Waals surface area contributed by atoms with Gasteiger partial charge < -0.3 is 34.7 Å². The number of fused-ring (bicyclic) bond motifs is 1. The van der Waals surface area contributed by atoms with Gasteiger partial charge in [0, 0.05) is 39.1 Å². The van der Waals surface area contributed by atoms with Gasteiger partial charge in [-0.1, -0.05) is 66.7 Å². The second kappa shape index (κ2) is 26.9. The molecule has 4 N–H and O–H groups in total. The Kier molecular flexibility index (Phi) is 22.4. The molecule has 0 saturated carbocycles. The van der Waals surface area contributed by atoms with E-state index in [0.29, 0.717) is 5.56 Å². The number of nitrogens with one attached hydrogen (secondary N) is 3. The number of benzene rings is 3. The molecule has 19 nitrogen and oxygen atoms in total. The van der Waals surface area contributed by atoms with E-state index < -0.39 is 70.9 Å². The third kappa shape index (κ3) is 26.0.